The van der Waals surface area contributed by atoms with Crippen LogP contribution in [0, 0.1) is 0 Å². The molecule has 0 bridgehead atoms. The summed E-state index contributed by atoms with van der Waals surface area (Å²) in [6.07, 6.45) is 24.6. The summed E-state index contributed by atoms with van der Waals surface area (Å²) >= 11 is 0.0736. The van der Waals surface area contributed by atoms with E-state index in [1.54, 1.807) is 21.7 Å². The normalized spacial score (nSPS) is 10.4. The number of rotatable bonds is 24. The zero-order chi connectivity index (χ0) is 31.4. The van der Waals surface area contributed by atoms with Gasteiger partial charge in [-0.3, -0.25) is 0 Å². The van der Waals surface area contributed by atoms with Crippen molar-refractivity contribution in [2.24, 2.45) is 0 Å². The molecule has 0 saturated heterocycles. The first-order chi connectivity index (χ1) is 19.7. The van der Waals surface area contributed by atoms with Gasteiger partial charge in [-0.15, -0.1) is 0 Å². The third-order valence-electron chi connectivity index (χ3n) is 5.62. The molecule has 0 aromatic carbocycles. The molecule has 0 rings (SSSR count). The van der Waals surface area contributed by atoms with Gasteiger partial charge in [0.05, 0.1) is 13.2 Å². The quantitative estimate of drug-likeness (QED) is 0.0450. The summed E-state index contributed by atoms with van der Waals surface area (Å²) in [6.45, 7) is 9.24. The van der Waals surface area contributed by atoms with Crippen molar-refractivity contribution in [1.29, 1.82) is 0 Å². The third kappa shape index (κ3) is 48.2. The van der Waals surface area contributed by atoms with E-state index in [4.69, 9.17) is 10.2 Å². The molecule has 238 valence electrons. The fraction of sp³-hybridized carbons (Fsp3) is 0.750. The smallest absolute Gasteiger partial charge is 0.331 e. The van der Waals surface area contributed by atoms with E-state index in [0.717, 1.165) is 50.0 Å². The van der Waals surface area contributed by atoms with Gasteiger partial charge in [-0.2, -0.15) is 0 Å². The average Bonchev–Trinajstić information content (AvgIpc) is 2.94. The van der Waals surface area contributed by atoms with E-state index in [2.05, 4.69) is 23.3 Å². The van der Waals surface area contributed by atoms with Crippen LogP contribution in [0.2, 0.25) is 8.87 Å². The summed E-state index contributed by atoms with van der Waals surface area (Å²) < 4.78 is 12.6. The Balaban J connectivity index is -0.000000542. The molecule has 0 unspecified atom stereocenters. The summed E-state index contributed by atoms with van der Waals surface area (Å²) in [5.41, 5.74) is 0. The van der Waals surface area contributed by atoms with E-state index in [0.29, 0.717) is 13.2 Å². The van der Waals surface area contributed by atoms with Crippen molar-refractivity contribution >= 4 is 45.0 Å². The number of aliphatic carboxylic acids is 2. The third-order valence-corrected chi connectivity index (χ3v) is 9.66. The molecule has 0 fully saturated rings. The Morgan fingerprint density at radius 2 is 0.805 bits per heavy atom. The molecule has 0 saturated carbocycles. The molecule has 0 atom stereocenters. The largest absolute Gasteiger partial charge is 0.478 e. The molecule has 0 aliphatic carbocycles. The van der Waals surface area contributed by atoms with E-state index in [1.807, 2.05) is 13.8 Å². The first-order valence-electron chi connectivity index (χ1n) is 15.6. The zero-order valence-electron chi connectivity index (χ0n) is 26.3. The van der Waals surface area contributed by atoms with Crippen LogP contribution < -0.4 is 0 Å². The number of unbranched alkanes of at least 4 members (excludes halogenated alkanes) is 12. The molecule has 0 heterocycles. The van der Waals surface area contributed by atoms with Crippen molar-refractivity contribution in [1.82, 2.24) is 0 Å². The van der Waals surface area contributed by atoms with Crippen LogP contribution in [-0.4, -0.2) is 68.4 Å². The molecule has 0 aromatic heterocycles. The molecular weight excluding hydrogens is 631 g/mol. The summed E-state index contributed by atoms with van der Waals surface area (Å²) in [4.78, 5) is 41.2. The first kappa shape index (κ1) is 43.6. The van der Waals surface area contributed by atoms with E-state index in [-0.39, 0.29) is 21.1 Å². The van der Waals surface area contributed by atoms with Gasteiger partial charge >= 0.3 is 145 Å². The summed E-state index contributed by atoms with van der Waals surface area (Å²) in [5, 5.41) is 16.3. The molecule has 0 aliphatic heterocycles. The summed E-state index contributed by atoms with van der Waals surface area (Å²) in [5.74, 6) is -3.51. The number of carboxylic acid groups (broad SMARTS) is 2. The second-order valence-electron chi connectivity index (χ2n) is 9.67. The van der Waals surface area contributed by atoms with Crippen molar-refractivity contribution in [2.75, 3.05) is 13.2 Å². The van der Waals surface area contributed by atoms with Gasteiger partial charge in [0.1, 0.15) is 0 Å². The van der Waals surface area contributed by atoms with Gasteiger partial charge in [0.2, 0.25) is 0 Å². The molecular formula is C32H58O8Sn. The monoisotopic (exact) mass is 690 g/mol. The maximum absolute atomic E-state index is 10.6. The van der Waals surface area contributed by atoms with Crippen LogP contribution in [0.15, 0.2) is 24.3 Å². The number of hydrogen-bond acceptors (Lipinski definition) is 6. The molecule has 2 radical (unpaired) electrons. The van der Waals surface area contributed by atoms with Crippen LogP contribution in [0.5, 0.6) is 0 Å². The predicted octanol–water partition coefficient (Wildman–Crippen LogP) is 8.19. The van der Waals surface area contributed by atoms with Gasteiger partial charge < -0.3 is 19.7 Å². The zero-order valence-corrected chi connectivity index (χ0v) is 29.1. The Kier molecular flexibility index (Phi) is 40.6. The van der Waals surface area contributed by atoms with Crippen LogP contribution in [0.25, 0.3) is 0 Å². The second-order valence-corrected chi connectivity index (χ2v) is 14.0. The van der Waals surface area contributed by atoms with Crippen molar-refractivity contribution in [3.8, 4) is 0 Å². The van der Waals surface area contributed by atoms with Gasteiger partial charge in [0, 0.05) is 24.3 Å². The van der Waals surface area contributed by atoms with E-state index < -0.39 is 23.9 Å². The first-order valence-corrected chi connectivity index (χ1v) is 19.6. The Hall–Kier alpha value is -1.84. The molecule has 8 nitrogen and oxygen atoms in total. The van der Waals surface area contributed by atoms with Gasteiger partial charge in [-0.05, 0) is 12.8 Å². The fourth-order valence-electron chi connectivity index (χ4n) is 3.19. The Bertz CT molecular complexity index is 621. The van der Waals surface area contributed by atoms with E-state index in [9.17, 15) is 19.2 Å². The number of carbonyl (C=O) groups is 4. The van der Waals surface area contributed by atoms with Gasteiger partial charge in [-0.25, -0.2) is 19.2 Å². The van der Waals surface area contributed by atoms with E-state index >= 15 is 0 Å². The van der Waals surface area contributed by atoms with Gasteiger partial charge in [0.25, 0.3) is 0 Å². The van der Waals surface area contributed by atoms with Crippen molar-refractivity contribution < 1.29 is 38.9 Å². The van der Waals surface area contributed by atoms with Gasteiger partial charge in [-0.1, -0.05) is 26.7 Å². The Labute approximate surface area is 259 Å². The van der Waals surface area contributed by atoms with Gasteiger partial charge in [0.15, 0.2) is 0 Å². The number of carbonyl (C=O) groups excluding carboxylic acids is 2. The molecule has 9 heteroatoms. The molecule has 41 heavy (non-hydrogen) atoms. The molecule has 0 aromatic rings. The van der Waals surface area contributed by atoms with Crippen LogP contribution in [0.3, 0.4) is 0 Å². The van der Waals surface area contributed by atoms with Crippen molar-refractivity contribution in [2.45, 2.75) is 139 Å². The Morgan fingerprint density at radius 1 is 0.488 bits per heavy atom. The minimum absolute atomic E-state index is 0.0736. The molecule has 0 aliphatic rings. The SMILES string of the molecule is CCCCCCC[CH2][Sn][CH2]CCCCCCC.CCCCOC(=O)/C=C\C(=O)O.CCCCOC(=O)/C=C\C(=O)O. The van der Waals surface area contributed by atoms with Crippen molar-refractivity contribution in [3.05, 3.63) is 24.3 Å². The number of esters is 2. The summed E-state index contributed by atoms with van der Waals surface area (Å²) in [6, 6.07) is 0. The number of ether oxygens (including phenoxy) is 2. The second kappa shape index (κ2) is 38.2. The molecule has 0 amide bonds. The van der Waals surface area contributed by atoms with E-state index in [1.165, 1.54) is 64.2 Å². The van der Waals surface area contributed by atoms with Crippen molar-refractivity contribution in [3.63, 3.8) is 0 Å². The minimum Gasteiger partial charge on any atom is -0.478 e. The maximum Gasteiger partial charge on any atom is 0.331 e. The van der Waals surface area contributed by atoms with Crippen LogP contribution in [0.1, 0.15) is 130 Å². The maximum atomic E-state index is 10.6. The Morgan fingerprint density at radius 3 is 1.12 bits per heavy atom. The fourth-order valence-corrected chi connectivity index (χ4v) is 6.76. The summed E-state index contributed by atoms with van der Waals surface area (Å²) in [7, 11) is 0. The van der Waals surface area contributed by atoms with Crippen LogP contribution in [0.4, 0.5) is 0 Å². The average molecular weight is 690 g/mol. The number of hydrogen-bond donors (Lipinski definition) is 2. The number of carboxylic acids is 2. The van der Waals surface area contributed by atoms with Crippen LogP contribution >= 0.6 is 0 Å². The topological polar surface area (TPSA) is 127 Å². The standard InChI is InChI=1S/2C8H12O4.2C8H17.Sn/c2*1-2-3-6-12-8(11)5-4-7(9)10;2*1-3-5-7-8-6-4-2;/h2*4-5H,2-3,6H2,1H3,(H,9,10);2*1,3-8H2,2H3;/b2*5-4-;;;. The molecule has 2 N–H and O–H groups in total. The van der Waals surface area contributed by atoms with Crippen LogP contribution in [-0.2, 0) is 28.7 Å². The predicted molar refractivity (Wildman–Crippen MR) is 167 cm³/mol. The minimum atomic E-state index is -1.15. The molecule has 0 spiro atoms.